The minimum Gasteiger partial charge on any atom is -0.508 e. The number of phenols is 1. The van der Waals surface area contributed by atoms with Gasteiger partial charge in [0, 0.05) is 5.39 Å². The van der Waals surface area contributed by atoms with E-state index in [2.05, 4.69) is 17.1 Å². The third-order valence-electron chi connectivity index (χ3n) is 4.28. The van der Waals surface area contributed by atoms with E-state index in [9.17, 15) is 5.11 Å². The number of aromatic nitrogens is 1. The second kappa shape index (κ2) is 7.75. The Morgan fingerprint density at radius 2 is 1.41 bits per heavy atom. The van der Waals surface area contributed by atoms with Gasteiger partial charge in [0.25, 0.3) is 0 Å². The topological polar surface area (TPSA) is 42.4 Å². The standard InChI is InChI=1S/C24H19NO2/c26-22-13-7-18(8-14-22)5-6-19-9-15-23(16-10-19)27-17-21-12-11-20-3-1-2-4-24(20)25-21/h1-16,26H,17H2. The molecule has 0 unspecified atom stereocenters. The summed E-state index contributed by atoms with van der Waals surface area (Å²) in [6.07, 6.45) is 4.04. The second-order valence-corrected chi connectivity index (χ2v) is 6.28. The lowest BCUT2D eigenvalue weighted by molar-refractivity contribution is 0.302. The number of benzene rings is 3. The normalized spacial score (nSPS) is 11.1. The van der Waals surface area contributed by atoms with Gasteiger partial charge in [-0.3, -0.25) is 0 Å². The molecule has 132 valence electrons. The molecule has 3 aromatic carbocycles. The molecule has 27 heavy (non-hydrogen) atoms. The predicted octanol–water partition coefficient (Wildman–Crippen LogP) is 5.69. The molecule has 0 aliphatic heterocycles. The lowest BCUT2D eigenvalue weighted by atomic mass is 10.1. The molecule has 0 atom stereocenters. The maximum absolute atomic E-state index is 9.31. The summed E-state index contributed by atoms with van der Waals surface area (Å²) in [4.78, 5) is 4.62. The molecule has 0 radical (unpaired) electrons. The molecule has 0 spiro atoms. The summed E-state index contributed by atoms with van der Waals surface area (Å²) in [7, 11) is 0. The van der Waals surface area contributed by atoms with Crippen molar-refractivity contribution in [1.82, 2.24) is 4.98 Å². The van der Waals surface area contributed by atoms with Crippen LogP contribution in [0.3, 0.4) is 0 Å². The molecule has 3 nitrogen and oxygen atoms in total. The lowest BCUT2D eigenvalue weighted by Crippen LogP contribution is -1.98. The van der Waals surface area contributed by atoms with Gasteiger partial charge < -0.3 is 9.84 Å². The molecular weight excluding hydrogens is 334 g/mol. The van der Waals surface area contributed by atoms with Crippen LogP contribution in [0.1, 0.15) is 16.8 Å². The fourth-order valence-corrected chi connectivity index (χ4v) is 2.80. The summed E-state index contributed by atoms with van der Waals surface area (Å²) in [6, 6.07) is 27.2. The molecule has 3 heteroatoms. The second-order valence-electron chi connectivity index (χ2n) is 6.28. The fraction of sp³-hybridized carbons (Fsp3) is 0.0417. The summed E-state index contributed by atoms with van der Waals surface area (Å²) in [6.45, 7) is 0.438. The molecule has 0 amide bonds. The third kappa shape index (κ3) is 4.33. The van der Waals surface area contributed by atoms with Crippen LogP contribution in [0.4, 0.5) is 0 Å². The van der Waals surface area contributed by atoms with E-state index in [1.54, 1.807) is 12.1 Å². The molecule has 1 aromatic heterocycles. The SMILES string of the molecule is Oc1ccc(C=Cc2ccc(OCc3ccc4ccccc4n3)cc2)cc1. The van der Waals surface area contributed by atoms with Gasteiger partial charge in [-0.1, -0.05) is 60.7 Å². The molecule has 0 saturated heterocycles. The maximum atomic E-state index is 9.31. The zero-order valence-electron chi connectivity index (χ0n) is 14.7. The number of ether oxygens (including phenoxy) is 1. The lowest BCUT2D eigenvalue weighted by Gasteiger charge is -2.07. The molecule has 0 fully saturated rings. The number of aromatic hydroxyl groups is 1. The van der Waals surface area contributed by atoms with E-state index in [1.807, 2.05) is 72.8 Å². The highest BCUT2D eigenvalue weighted by Crippen LogP contribution is 2.18. The zero-order valence-corrected chi connectivity index (χ0v) is 14.7. The highest BCUT2D eigenvalue weighted by Gasteiger charge is 2.00. The van der Waals surface area contributed by atoms with Gasteiger partial charge in [-0.15, -0.1) is 0 Å². The summed E-state index contributed by atoms with van der Waals surface area (Å²) in [5.74, 6) is 1.08. The smallest absolute Gasteiger partial charge is 0.130 e. The van der Waals surface area contributed by atoms with Crippen LogP contribution in [-0.2, 0) is 6.61 Å². The Labute approximate surface area is 158 Å². The van der Waals surface area contributed by atoms with Gasteiger partial charge in [0.2, 0.25) is 0 Å². The van der Waals surface area contributed by atoms with E-state index in [0.717, 1.165) is 33.5 Å². The van der Waals surface area contributed by atoms with E-state index in [-0.39, 0.29) is 5.75 Å². The number of pyridine rings is 1. The first-order chi connectivity index (χ1) is 13.3. The van der Waals surface area contributed by atoms with E-state index in [0.29, 0.717) is 6.61 Å². The predicted molar refractivity (Wildman–Crippen MR) is 110 cm³/mol. The minimum atomic E-state index is 0.273. The monoisotopic (exact) mass is 353 g/mol. The first-order valence-corrected chi connectivity index (χ1v) is 8.81. The van der Waals surface area contributed by atoms with Crippen LogP contribution in [0.2, 0.25) is 0 Å². The Bertz CT molecular complexity index is 1070. The number of nitrogens with zero attached hydrogens (tertiary/aromatic N) is 1. The van der Waals surface area contributed by atoms with Gasteiger partial charge in [-0.2, -0.15) is 0 Å². The number of hydrogen-bond acceptors (Lipinski definition) is 3. The number of phenolic OH excluding ortho intramolecular Hbond substituents is 1. The summed E-state index contributed by atoms with van der Waals surface area (Å²) in [5.41, 5.74) is 4.01. The van der Waals surface area contributed by atoms with Crippen LogP contribution in [0.25, 0.3) is 23.1 Å². The van der Waals surface area contributed by atoms with Crippen molar-refractivity contribution >= 4 is 23.1 Å². The highest BCUT2D eigenvalue weighted by molar-refractivity contribution is 5.78. The molecule has 0 aliphatic rings. The first-order valence-electron chi connectivity index (χ1n) is 8.81. The Balaban J connectivity index is 1.39. The van der Waals surface area contributed by atoms with Crippen molar-refractivity contribution in [2.24, 2.45) is 0 Å². The van der Waals surface area contributed by atoms with Crippen LogP contribution in [0, 0.1) is 0 Å². The van der Waals surface area contributed by atoms with Crippen LogP contribution < -0.4 is 4.74 Å². The number of fused-ring (bicyclic) bond motifs is 1. The van der Waals surface area contributed by atoms with E-state index >= 15 is 0 Å². The van der Waals surface area contributed by atoms with Crippen LogP contribution in [0.15, 0.2) is 84.9 Å². The molecule has 0 aliphatic carbocycles. The number of hydrogen-bond donors (Lipinski definition) is 1. The van der Waals surface area contributed by atoms with Crippen molar-refractivity contribution in [3.05, 3.63) is 102 Å². The molecule has 4 aromatic rings. The van der Waals surface area contributed by atoms with E-state index in [1.165, 1.54) is 0 Å². The van der Waals surface area contributed by atoms with Crippen molar-refractivity contribution < 1.29 is 9.84 Å². The maximum Gasteiger partial charge on any atom is 0.130 e. The van der Waals surface area contributed by atoms with Gasteiger partial charge in [-0.05, 0) is 47.5 Å². The van der Waals surface area contributed by atoms with Gasteiger partial charge in [-0.25, -0.2) is 4.98 Å². The van der Waals surface area contributed by atoms with Crippen LogP contribution in [-0.4, -0.2) is 10.1 Å². The van der Waals surface area contributed by atoms with Gasteiger partial charge in [0.15, 0.2) is 0 Å². The number of rotatable bonds is 5. The summed E-state index contributed by atoms with van der Waals surface area (Å²) in [5, 5.41) is 10.4. The largest absolute Gasteiger partial charge is 0.508 e. The molecule has 0 bridgehead atoms. The molecule has 4 rings (SSSR count). The molecule has 1 heterocycles. The fourth-order valence-electron chi connectivity index (χ4n) is 2.80. The minimum absolute atomic E-state index is 0.273. The van der Waals surface area contributed by atoms with Crippen LogP contribution in [0.5, 0.6) is 11.5 Å². The summed E-state index contributed by atoms with van der Waals surface area (Å²) < 4.78 is 5.86. The van der Waals surface area contributed by atoms with Crippen molar-refractivity contribution in [3.63, 3.8) is 0 Å². The quantitative estimate of drug-likeness (QED) is 0.469. The Kier molecular flexibility index (Phi) is 4.84. The third-order valence-corrected chi connectivity index (χ3v) is 4.28. The summed E-state index contributed by atoms with van der Waals surface area (Å²) >= 11 is 0. The Morgan fingerprint density at radius 1 is 0.741 bits per heavy atom. The average Bonchev–Trinajstić information content (AvgIpc) is 2.72. The van der Waals surface area contributed by atoms with Gasteiger partial charge in [0.1, 0.15) is 18.1 Å². The van der Waals surface area contributed by atoms with Crippen molar-refractivity contribution in [3.8, 4) is 11.5 Å². The van der Waals surface area contributed by atoms with E-state index in [4.69, 9.17) is 4.74 Å². The Morgan fingerprint density at radius 3 is 2.15 bits per heavy atom. The van der Waals surface area contributed by atoms with Crippen molar-refractivity contribution in [2.45, 2.75) is 6.61 Å². The van der Waals surface area contributed by atoms with Gasteiger partial charge >= 0.3 is 0 Å². The van der Waals surface area contributed by atoms with Crippen molar-refractivity contribution in [1.29, 1.82) is 0 Å². The highest BCUT2D eigenvalue weighted by atomic mass is 16.5. The van der Waals surface area contributed by atoms with E-state index < -0.39 is 0 Å². The first kappa shape index (κ1) is 16.9. The Hall–Kier alpha value is -3.59. The molecular formula is C24H19NO2. The molecule has 0 saturated carbocycles. The molecule has 1 N–H and O–H groups in total. The number of para-hydroxylation sites is 1. The zero-order chi connectivity index (χ0) is 18.5. The average molecular weight is 353 g/mol. The van der Waals surface area contributed by atoms with Crippen LogP contribution >= 0.6 is 0 Å². The van der Waals surface area contributed by atoms with Gasteiger partial charge in [0.05, 0.1) is 11.2 Å². The van der Waals surface area contributed by atoms with Crippen molar-refractivity contribution in [2.75, 3.05) is 0 Å².